The minimum Gasteiger partial charge on any atom is -0.480 e. The fourth-order valence-electron chi connectivity index (χ4n) is 2.31. The molecule has 3 N–H and O–H groups in total. The Balaban J connectivity index is 1.85. The van der Waals surface area contributed by atoms with E-state index in [-0.39, 0.29) is 6.54 Å². The number of halogens is 1. The van der Waals surface area contributed by atoms with Crippen molar-refractivity contribution in [3.05, 3.63) is 29.3 Å². The average Bonchev–Trinajstić information content (AvgIpc) is 2.97. The van der Waals surface area contributed by atoms with Crippen LogP contribution in [0.5, 0.6) is 0 Å². The van der Waals surface area contributed by atoms with E-state index in [2.05, 4.69) is 10.6 Å². The van der Waals surface area contributed by atoms with E-state index >= 15 is 0 Å². The van der Waals surface area contributed by atoms with Crippen LogP contribution in [0.25, 0.3) is 0 Å². The highest BCUT2D eigenvalue weighted by Crippen LogP contribution is 2.20. The second kappa shape index (κ2) is 7.13. The summed E-state index contributed by atoms with van der Waals surface area (Å²) in [6.45, 7) is 0.129. The lowest BCUT2D eigenvalue weighted by atomic mass is 10.2. The SMILES string of the molecule is O=C(NCC(=O)N1CCCC1C(=O)O)Nc1ccccc1Cl. The number of nitrogens with one attached hydrogen (secondary N) is 2. The van der Waals surface area contributed by atoms with Crippen molar-refractivity contribution in [1.29, 1.82) is 0 Å². The first-order valence-electron chi connectivity index (χ1n) is 6.80. The first kappa shape index (κ1) is 16.1. The molecule has 0 radical (unpaired) electrons. The van der Waals surface area contributed by atoms with Crippen molar-refractivity contribution in [2.75, 3.05) is 18.4 Å². The van der Waals surface area contributed by atoms with E-state index in [4.69, 9.17) is 16.7 Å². The van der Waals surface area contributed by atoms with Crippen LogP contribution in [0.3, 0.4) is 0 Å². The van der Waals surface area contributed by atoms with Gasteiger partial charge in [-0.05, 0) is 25.0 Å². The predicted molar refractivity (Wildman–Crippen MR) is 80.8 cm³/mol. The Morgan fingerprint density at radius 2 is 2.05 bits per heavy atom. The van der Waals surface area contributed by atoms with Gasteiger partial charge in [-0.25, -0.2) is 9.59 Å². The molecule has 2 rings (SSSR count). The largest absolute Gasteiger partial charge is 0.480 e. The number of para-hydroxylation sites is 1. The zero-order valence-corrected chi connectivity index (χ0v) is 12.5. The number of rotatable bonds is 4. The van der Waals surface area contributed by atoms with Crippen LogP contribution < -0.4 is 10.6 Å². The van der Waals surface area contributed by atoms with Crippen molar-refractivity contribution in [2.24, 2.45) is 0 Å². The first-order chi connectivity index (χ1) is 10.5. The normalized spacial score (nSPS) is 17.1. The molecule has 0 aliphatic carbocycles. The number of aliphatic carboxylic acids is 1. The monoisotopic (exact) mass is 325 g/mol. The third-order valence-electron chi connectivity index (χ3n) is 3.38. The number of carbonyl (C=O) groups is 3. The Hall–Kier alpha value is -2.28. The van der Waals surface area contributed by atoms with Crippen molar-refractivity contribution in [1.82, 2.24) is 10.2 Å². The summed E-state index contributed by atoms with van der Waals surface area (Å²) in [5, 5.41) is 14.3. The number of amides is 3. The maximum Gasteiger partial charge on any atom is 0.326 e. The van der Waals surface area contributed by atoms with E-state index < -0.39 is 23.9 Å². The number of benzene rings is 1. The summed E-state index contributed by atoms with van der Waals surface area (Å²) in [7, 11) is 0. The van der Waals surface area contributed by atoms with E-state index in [0.29, 0.717) is 30.1 Å². The van der Waals surface area contributed by atoms with Crippen LogP contribution in [0, 0.1) is 0 Å². The van der Waals surface area contributed by atoms with Gasteiger partial charge in [0.05, 0.1) is 17.3 Å². The van der Waals surface area contributed by atoms with Crippen LogP contribution in [0.4, 0.5) is 10.5 Å². The number of hydrogen-bond donors (Lipinski definition) is 3. The zero-order chi connectivity index (χ0) is 16.1. The molecule has 1 heterocycles. The van der Waals surface area contributed by atoms with Crippen molar-refractivity contribution < 1.29 is 19.5 Å². The summed E-state index contributed by atoms with van der Waals surface area (Å²) in [6.07, 6.45) is 1.08. The number of likely N-dealkylation sites (tertiary alicyclic amines) is 1. The van der Waals surface area contributed by atoms with Gasteiger partial charge >= 0.3 is 12.0 Å². The Labute approximate surface area is 132 Å². The summed E-state index contributed by atoms with van der Waals surface area (Å²) in [4.78, 5) is 36.0. The minimum absolute atomic E-state index is 0.264. The molecule has 7 nitrogen and oxygen atoms in total. The second-order valence-electron chi connectivity index (χ2n) is 4.87. The van der Waals surface area contributed by atoms with Crippen LogP contribution in [0.2, 0.25) is 5.02 Å². The quantitative estimate of drug-likeness (QED) is 0.782. The number of carboxylic acid groups (broad SMARTS) is 1. The molecule has 1 saturated heterocycles. The number of urea groups is 1. The number of nitrogens with zero attached hydrogens (tertiary/aromatic N) is 1. The van der Waals surface area contributed by atoms with E-state index in [0.717, 1.165) is 0 Å². The number of carbonyl (C=O) groups excluding carboxylic acids is 2. The summed E-state index contributed by atoms with van der Waals surface area (Å²) >= 11 is 5.91. The van der Waals surface area contributed by atoms with Crippen LogP contribution in [-0.2, 0) is 9.59 Å². The van der Waals surface area contributed by atoms with Gasteiger partial charge in [-0.15, -0.1) is 0 Å². The molecular formula is C14H16ClN3O4. The van der Waals surface area contributed by atoms with E-state index in [1.807, 2.05) is 0 Å². The van der Waals surface area contributed by atoms with E-state index in [1.165, 1.54) is 4.90 Å². The molecule has 118 valence electrons. The third-order valence-corrected chi connectivity index (χ3v) is 3.71. The molecule has 0 bridgehead atoms. The average molecular weight is 326 g/mol. The molecule has 1 unspecified atom stereocenters. The predicted octanol–water partition coefficient (Wildman–Crippen LogP) is 1.54. The summed E-state index contributed by atoms with van der Waals surface area (Å²) < 4.78 is 0. The van der Waals surface area contributed by atoms with Gasteiger partial charge in [-0.3, -0.25) is 4.79 Å². The van der Waals surface area contributed by atoms with Crippen molar-refractivity contribution in [3.8, 4) is 0 Å². The first-order valence-corrected chi connectivity index (χ1v) is 7.18. The lowest BCUT2D eigenvalue weighted by molar-refractivity contribution is -0.147. The van der Waals surface area contributed by atoms with Crippen LogP contribution in [0.1, 0.15) is 12.8 Å². The topological polar surface area (TPSA) is 98.7 Å². The lowest BCUT2D eigenvalue weighted by Crippen LogP contribution is -2.46. The standard InChI is InChI=1S/C14H16ClN3O4/c15-9-4-1-2-5-10(9)17-14(22)16-8-12(19)18-7-3-6-11(18)13(20)21/h1-2,4-5,11H,3,6-8H2,(H,20,21)(H2,16,17,22). The van der Waals surface area contributed by atoms with Crippen LogP contribution >= 0.6 is 11.6 Å². The van der Waals surface area contributed by atoms with Crippen LogP contribution in [-0.4, -0.2) is 47.0 Å². The van der Waals surface area contributed by atoms with Gasteiger partial charge in [-0.2, -0.15) is 0 Å². The molecule has 8 heteroatoms. The fourth-order valence-corrected chi connectivity index (χ4v) is 2.49. The van der Waals surface area contributed by atoms with E-state index in [9.17, 15) is 14.4 Å². The molecule has 22 heavy (non-hydrogen) atoms. The summed E-state index contributed by atoms with van der Waals surface area (Å²) in [5.41, 5.74) is 0.429. The van der Waals surface area contributed by atoms with Crippen LogP contribution in [0.15, 0.2) is 24.3 Å². The molecule has 0 saturated carbocycles. The smallest absolute Gasteiger partial charge is 0.326 e. The zero-order valence-electron chi connectivity index (χ0n) is 11.7. The molecule has 1 fully saturated rings. The molecule has 1 aliphatic heterocycles. The Morgan fingerprint density at radius 3 is 2.73 bits per heavy atom. The minimum atomic E-state index is -1.02. The highest BCUT2D eigenvalue weighted by atomic mass is 35.5. The van der Waals surface area contributed by atoms with Crippen molar-refractivity contribution in [2.45, 2.75) is 18.9 Å². The molecule has 1 atom stereocenters. The fraction of sp³-hybridized carbons (Fsp3) is 0.357. The van der Waals surface area contributed by atoms with Gasteiger partial charge in [0.1, 0.15) is 6.04 Å². The van der Waals surface area contributed by atoms with Gasteiger partial charge in [0.15, 0.2) is 0 Å². The summed E-state index contributed by atoms with van der Waals surface area (Å²) in [5.74, 6) is -1.44. The van der Waals surface area contributed by atoms with Gasteiger partial charge in [0, 0.05) is 6.54 Å². The van der Waals surface area contributed by atoms with Gasteiger partial charge < -0.3 is 20.6 Å². The summed E-state index contributed by atoms with van der Waals surface area (Å²) in [6, 6.07) is 5.32. The maximum atomic E-state index is 12.0. The second-order valence-corrected chi connectivity index (χ2v) is 5.28. The van der Waals surface area contributed by atoms with Crippen molar-refractivity contribution in [3.63, 3.8) is 0 Å². The number of carboxylic acids is 1. The molecule has 0 spiro atoms. The van der Waals surface area contributed by atoms with Gasteiger partial charge in [0.25, 0.3) is 0 Å². The Morgan fingerprint density at radius 1 is 1.32 bits per heavy atom. The third kappa shape index (κ3) is 3.88. The number of hydrogen-bond acceptors (Lipinski definition) is 3. The molecule has 3 amide bonds. The highest BCUT2D eigenvalue weighted by Gasteiger charge is 2.33. The van der Waals surface area contributed by atoms with E-state index in [1.54, 1.807) is 24.3 Å². The molecule has 1 aromatic rings. The molecular weight excluding hydrogens is 310 g/mol. The molecule has 1 aliphatic rings. The Bertz CT molecular complexity index is 593. The maximum absolute atomic E-state index is 12.0. The lowest BCUT2D eigenvalue weighted by Gasteiger charge is -2.21. The molecule has 0 aromatic heterocycles. The highest BCUT2D eigenvalue weighted by molar-refractivity contribution is 6.33. The van der Waals surface area contributed by atoms with Gasteiger partial charge in [0.2, 0.25) is 5.91 Å². The Kier molecular flexibility index (Phi) is 5.21. The van der Waals surface area contributed by atoms with Gasteiger partial charge in [-0.1, -0.05) is 23.7 Å². The number of anilines is 1. The molecule has 1 aromatic carbocycles. The van der Waals surface area contributed by atoms with Crippen molar-refractivity contribution >= 4 is 35.2 Å².